The minimum atomic E-state index is 0.0691. The van der Waals surface area contributed by atoms with Gasteiger partial charge in [0.2, 0.25) is 5.91 Å². The molecule has 1 amide bonds. The highest BCUT2D eigenvalue weighted by Gasteiger charge is 2.01. The van der Waals surface area contributed by atoms with Crippen LogP contribution in [-0.4, -0.2) is 31.7 Å². The van der Waals surface area contributed by atoms with Gasteiger partial charge in [0.1, 0.15) is 0 Å². The van der Waals surface area contributed by atoms with Gasteiger partial charge in [0.05, 0.1) is 13.2 Å². The zero-order chi connectivity index (χ0) is 12.4. The molecule has 3 N–H and O–H groups in total. The zero-order valence-electron chi connectivity index (χ0n) is 10.4. The van der Waals surface area contributed by atoms with Crippen molar-refractivity contribution in [1.82, 2.24) is 5.32 Å². The van der Waals surface area contributed by atoms with E-state index in [0.717, 1.165) is 18.4 Å². The number of carbonyl (C=O) groups is 1. The van der Waals surface area contributed by atoms with Crippen LogP contribution in [-0.2, 0) is 9.53 Å². The normalized spacial score (nSPS) is 12.2. The molecule has 1 atom stereocenters. The van der Waals surface area contributed by atoms with Gasteiger partial charge in [-0.1, -0.05) is 12.2 Å². The monoisotopic (exact) mass is 228 g/mol. The maximum Gasteiger partial charge on any atom is 0.220 e. The Hall–Kier alpha value is -0.870. The summed E-state index contributed by atoms with van der Waals surface area (Å²) in [6.07, 6.45) is 2.28. The summed E-state index contributed by atoms with van der Waals surface area (Å²) in [5.41, 5.74) is 6.58. The molecule has 94 valence electrons. The number of carbonyl (C=O) groups excluding carboxylic acids is 1. The van der Waals surface area contributed by atoms with E-state index >= 15 is 0 Å². The molecule has 0 saturated heterocycles. The molecule has 16 heavy (non-hydrogen) atoms. The summed E-state index contributed by atoms with van der Waals surface area (Å²) in [6, 6.07) is 0.173. The predicted octanol–water partition coefficient (Wildman–Crippen LogP) is 1.21. The Morgan fingerprint density at radius 2 is 2.25 bits per heavy atom. The van der Waals surface area contributed by atoms with Gasteiger partial charge < -0.3 is 15.8 Å². The van der Waals surface area contributed by atoms with Crippen LogP contribution in [0.25, 0.3) is 0 Å². The third kappa shape index (κ3) is 11.2. The third-order valence-electron chi connectivity index (χ3n) is 1.98. The van der Waals surface area contributed by atoms with Gasteiger partial charge in [-0.25, -0.2) is 0 Å². The molecule has 1 unspecified atom stereocenters. The highest BCUT2D eigenvalue weighted by molar-refractivity contribution is 5.75. The maximum absolute atomic E-state index is 11.3. The lowest BCUT2D eigenvalue weighted by Gasteiger charge is -2.07. The molecule has 0 heterocycles. The Bertz CT molecular complexity index is 215. The van der Waals surface area contributed by atoms with E-state index in [0.29, 0.717) is 26.2 Å². The predicted molar refractivity (Wildman–Crippen MR) is 66.1 cm³/mol. The Morgan fingerprint density at radius 1 is 1.56 bits per heavy atom. The minimum absolute atomic E-state index is 0.0691. The number of hydrogen-bond acceptors (Lipinski definition) is 3. The first-order chi connectivity index (χ1) is 7.52. The summed E-state index contributed by atoms with van der Waals surface area (Å²) >= 11 is 0. The lowest BCUT2D eigenvalue weighted by molar-refractivity contribution is -0.121. The Labute approximate surface area is 98.2 Å². The molecular formula is C12H24N2O2. The summed E-state index contributed by atoms with van der Waals surface area (Å²) in [4.78, 5) is 11.3. The lowest BCUT2D eigenvalue weighted by atomic mass is 10.1. The number of nitrogens with one attached hydrogen (secondary N) is 1. The van der Waals surface area contributed by atoms with Crippen molar-refractivity contribution in [3.8, 4) is 0 Å². The van der Waals surface area contributed by atoms with E-state index in [1.54, 1.807) is 0 Å². The summed E-state index contributed by atoms with van der Waals surface area (Å²) in [5, 5.41) is 2.80. The number of hydrogen-bond donors (Lipinski definition) is 2. The zero-order valence-corrected chi connectivity index (χ0v) is 10.4. The van der Waals surface area contributed by atoms with Gasteiger partial charge in [-0.2, -0.15) is 0 Å². The molecule has 0 bridgehead atoms. The summed E-state index contributed by atoms with van der Waals surface area (Å²) in [7, 11) is 0. The topological polar surface area (TPSA) is 64.3 Å². The van der Waals surface area contributed by atoms with Crippen molar-refractivity contribution >= 4 is 5.91 Å². The molecule has 0 aromatic heterocycles. The van der Waals surface area contributed by atoms with E-state index in [9.17, 15) is 4.79 Å². The van der Waals surface area contributed by atoms with Gasteiger partial charge in [-0.3, -0.25) is 4.79 Å². The molecule has 0 aliphatic rings. The SMILES string of the molecule is C=C(C)COCCNC(=O)CCCC(C)N. The van der Waals surface area contributed by atoms with Gasteiger partial charge in [0.25, 0.3) is 0 Å². The average Bonchev–Trinajstić information content (AvgIpc) is 2.16. The van der Waals surface area contributed by atoms with Crippen LogP contribution in [0.5, 0.6) is 0 Å². The second kappa shape index (κ2) is 9.36. The molecule has 0 aliphatic heterocycles. The van der Waals surface area contributed by atoms with Gasteiger partial charge in [-0.15, -0.1) is 0 Å². The molecule has 0 saturated carbocycles. The summed E-state index contributed by atoms with van der Waals surface area (Å²) in [5.74, 6) is 0.0691. The van der Waals surface area contributed by atoms with Crippen LogP contribution in [0.15, 0.2) is 12.2 Å². The number of ether oxygens (including phenoxy) is 1. The average molecular weight is 228 g/mol. The Balaban J connectivity index is 3.27. The fraction of sp³-hybridized carbons (Fsp3) is 0.750. The number of rotatable bonds is 9. The van der Waals surface area contributed by atoms with E-state index in [-0.39, 0.29) is 11.9 Å². The fourth-order valence-corrected chi connectivity index (χ4v) is 1.18. The Morgan fingerprint density at radius 3 is 2.81 bits per heavy atom. The van der Waals surface area contributed by atoms with Crippen molar-refractivity contribution in [2.24, 2.45) is 5.73 Å². The first kappa shape index (κ1) is 15.1. The van der Waals surface area contributed by atoms with Crippen LogP contribution in [0.3, 0.4) is 0 Å². The van der Waals surface area contributed by atoms with Gasteiger partial charge in [0.15, 0.2) is 0 Å². The quantitative estimate of drug-likeness (QED) is 0.460. The molecule has 0 fully saturated rings. The van der Waals surface area contributed by atoms with Crippen molar-refractivity contribution in [1.29, 1.82) is 0 Å². The van der Waals surface area contributed by atoms with Crippen LogP contribution < -0.4 is 11.1 Å². The van der Waals surface area contributed by atoms with E-state index in [1.165, 1.54) is 0 Å². The Kier molecular flexibility index (Phi) is 8.85. The molecule has 4 heteroatoms. The largest absolute Gasteiger partial charge is 0.375 e. The number of nitrogens with two attached hydrogens (primary N) is 1. The smallest absolute Gasteiger partial charge is 0.220 e. The van der Waals surface area contributed by atoms with E-state index in [4.69, 9.17) is 10.5 Å². The second-order valence-electron chi connectivity index (χ2n) is 4.23. The first-order valence-electron chi connectivity index (χ1n) is 5.76. The third-order valence-corrected chi connectivity index (χ3v) is 1.98. The lowest BCUT2D eigenvalue weighted by Crippen LogP contribution is -2.27. The van der Waals surface area contributed by atoms with Crippen LogP contribution >= 0.6 is 0 Å². The molecule has 0 rings (SSSR count). The van der Waals surface area contributed by atoms with Crippen LogP contribution in [0.4, 0.5) is 0 Å². The first-order valence-corrected chi connectivity index (χ1v) is 5.76. The number of amides is 1. The summed E-state index contributed by atoms with van der Waals surface area (Å²) in [6.45, 7) is 9.23. The highest BCUT2D eigenvalue weighted by atomic mass is 16.5. The maximum atomic E-state index is 11.3. The standard InChI is InChI=1S/C12H24N2O2/c1-10(2)9-16-8-7-14-12(15)6-4-5-11(3)13/h11H,1,4-9,13H2,2-3H3,(H,14,15). The van der Waals surface area contributed by atoms with Gasteiger partial charge >= 0.3 is 0 Å². The van der Waals surface area contributed by atoms with Crippen LogP contribution in [0.1, 0.15) is 33.1 Å². The van der Waals surface area contributed by atoms with Gasteiger partial charge in [-0.05, 0) is 26.7 Å². The minimum Gasteiger partial charge on any atom is -0.375 e. The molecule has 0 aromatic carbocycles. The highest BCUT2D eigenvalue weighted by Crippen LogP contribution is 1.97. The van der Waals surface area contributed by atoms with E-state index in [1.807, 2.05) is 13.8 Å². The van der Waals surface area contributed by atoms with E-state index in [2.05, 4.69) is 11.9 Å². The van der Waals surface area contributed by atoms with Crippen molar-refractivity contribution in [3.05, 3.63) is 12.2 Å². The molecule has 0 spiro atoms. The van der Waals surface area contributed by atoms with Crippen LogP contribution in [0.2, 0.25) is 0 Å². The van der Waals surface area contributed by atoms with E-state index < -0.39 is 0 Å². The molecule has 4 nitrogen and oxygen atoms in total. The van der Waals surface area contributed by atoms with Crippen molar-refractivity contribution < 1.29 is 9.53 Å². The fourth-order valence-electron chi connectivity index (χ4n) is 1.18. The van der Waals surface area contributed by atoms with Crippen LogP contribution in [0, 0.1) is 0 Å². The molecule has 0 radical (unpaired) electrons. The van der Waals surface area contributed by atoms with Crippen molar-refractivity contribution in [2.45, 2.75) is 39.2 Å². The molecule has 0 aliphatic carbocycles. The second-order valence-corrected chi connectivity index (χ2v) is 4.23. The molecule has 0 aromatic rings. The van der Waals surface area contributed by atoms with Crippen molar-refractivity contribution in [3.63, 3.8) is 0 Å². The molecular weight excluding hydrogens is 204 g/mol. The summed E-state index contributed by atoms with van der Waals surface area (Å²) < 4.78 is 5.25. The van der Waals surface area contributed by atoms with Gasteiger partial charge in [0, 0.05) is 19.0 Å². The van der Waals surface area contributed by atoms with Crippen molar-refractivity contribution in [2.75, 3.05) is 19.8 Å².